The van der Waals surface area contributed by atoms with Gasteiger partial charge in [0.2, 0.25) is 5.88 Å². The largest absolute Gasteiger partial charge is 0.508 e. The van der Waals surface area contributed by atoms with Crippen molar-refractivity contribution in [3.8, 4) is 40.1 Å². The molecule has 248 valence electrons. The molecule has 0 amide bonds. The van der Waals surface area contributed by atoms with Gasteiger partial charge < -0.3 is 24.6 Å². The number of aryl methyl sites for hydroxylation is 2. The van der Waals surface area contributed by atoms with Crippen molar-refractivity contribution in [2.75, 3.05) is 26.7 Å². The van der Waals surface area contributed by atoms with Crippen LogP contribution in [0, 0.1) is 23.1 Å². The van der Waals surface area contributed by atoms with Crippen LogP contribution in [0.25, 0.3) is 55.0 Å². The van der Waals surface area contributed by atoms with Crippen molar-refractivity contribution in [2.45, 2.75) is 50.2 Å². The summed E-state index contributed by atoms with van der Waals surface area (Å²) in [5, 5.41) is 31.8. The molecule has 2 N–H and O–H groups in total. The minimum atomic E-state index is -0.476. The summed E-state index contributed by atoms with van der Waals surface area (Å²) in [4.78, 5) is 7.33. The third kappa shape index (κ3) is 4.78. The molecule has 3 unspecified atom stereocenters. The molecule has 0 spiro atoms. The molecule has 3 aromatic carbocycles. The number of likely N-dealkylation sites (N-methyl/N-ethyl adjacent to an activating group) is 1. The first-order valence-electron chi connectivity index (χ1n) is 17.2. The van der Waals surface area contributed by atoms with Crippen LogP contribution in [0.4, 0.5) is 4.39 Å². The van der Waals surface area contributed by atoms with Crippen LogP contribution in [0.3, 0.4) is 0 Å². The molecular weight excluding hydrogens is 617 g/mol. The number of fused-ring (bicyclic) bond motifs is 5. The Hall–Kier alpha value is -4.98. The number of nitrogens with one attached hydrogen (secondary N) is 1. The number of phenols is 1. The van der Waals surface area contributed by atoms with Crippen LogP contribution in [-0.4, -0.2) is 68.2 Å². The van der Waals surface area contributed by atoms with Gasteiger partial charge in [0.1, 0.15) is 17.9 Å². The molecule has 3 aromatic heterocycles. The van der Waals surface area contributed by atoms with Gasteiger partial charge in [-0.1, -0.05) is 24.3 Å². The van der Waals surface area contributed by atoms with Crippen LogP contribution in [0.2, 0.25) is 0 Å². The van der Waals surface area contributed by atoms with E-state index in [2.05, 4.69) is 39.1 Å². The van der Waals surface area contributed by atoms with E-state index in [1.54, 1.807) is 16.8 Å². The Morgan fingerprint density at radius 3 is 2.73 bits per heavy atom. The Balaban J connectivity index is 1.36. The van der Waals surface area contributed by atoms with Gasteiger partial charge in [-0.05, 0) is 91.4 Å². The van der Waals surface area contributed by atoms with E-state index in [1.165, 1.54) is 0 Å². The van der Waals surface area contributed by atoms with Gasteiger partial charge in [0.25, 0.3) is 0 Å². The number of rotatable bonds is 8. The topological polar surface area (TPSA) is 104 Å². The van der Waals surface area contributed by atoms with Gasteiger partial charge in [0, 0.05) is 54.8 Å². The maximum Gasteiger partial charge on any atom is 0.223 e. The number of nitriles is 1. The molecule has 10 rings (SSSR count). The molecule has 9 nitrogen and oxygen atoms in total. The Bertz CT molecular complexity index is 2310. The van der Waals surface area contributed by atoms with E-state index >= 15 is 4.39 Å². The number of likely N-dealkylation sites (tertiary alicyclic amines) is 1. The van der Waals surface area contributed by atoms with Crippen molar-refractivity contribution in [1.29, 1.82) is 5.26 Å². The van der Waals surface area contributed by atoms with Crippen molar-refractivity contribution < 1.29 is 14.2 Å². The zero-order valence-electron chi connectivity index (χ0n) is 27.7. The Kier molecular flexibility index (Phi) is 7.11. The molecule has 49 heavy (non-hydrogen) atoms. The summed E-state index contributed by atoms with van der Waals surface area (Å²) in [5.41, 5.74) is 4.75. The van der Waals surface area contributed by atoms with Crippen molar-refractivity contribution in [1.82, 2.24) is 29.5 Å². The fourth-order valence-electron chi connectivity index (χ4n) is 8.69. The zero-order valence-corrected chi connectivity index (χ0v) is 27.7. The monoisotopic (exact) mass is 655 g/mol. The second-order valence-corrected chi connectivity index (χ2v) is 14.1. The van der Waals surface area contributed by atoms with Gasteiger partial charge in [-0.2, -0.15) is 10.4 Å². The first kappa shape index (κ1) is 30.1. The van der Waals surface area contributed by atoms with Gasteiger partial charge in [-0.15, -0.1) is 0 Å². The lowest BCUT2D eigenvalue weighted by Crippen LogP contribution is -2.39. The zero-order chi connectivity index (χ0) is 33.4. The van der Waals surface area contributed by atoms with Crippen LogP contribution in [0.15, 0.2) is 60.9 Å². The highest BCUT2D eigenvalue weighted by molar-refractivity contribution is 6.11. The average Bonchev–Trinajstić information content (AvgIpc) is 3.93. The average molecular weight is 656 g/mol. The van der Waals surface area contributed by atoms with E-state index in [0.29, 0.717) is 52.9 Å². The molecule has 6 aromatic rings. The van der Waals surface area contributed by atoms with E-state index < -0.39 is 5.82 Å². The quantitative estimate of drug-likeness (QED) is 0.188. The lowest BCUT2D eigenvalue weighted by molar-refractivity contribution is 0.195. The predicted octanol–water partition coefficient (Wildman–Crippen LogP) is 6.72. The Morgan fingerprint density at radius 1 is 1.12 bits per heavy atom. The summed E-state index contributed by atoms with van der Waals surface area (Å²) in [6, 6.07) is 18.2. The summed E-state index contributed by atoms with van der Waals surface area (Å²) in [6.45, 7) is 2.42. The molecule has 2 bridgehead atoms. The first-order valence-corrected chi connectivity index (χ1v) is 17.2. The predicted molar refractivity (Wildman–Crippen MR) is 188 cm³/mol. The second kappa shape index (κ2) is 11.6. The number of phenolic OH excluding ortho intramolecular Hbond substituents is 1. The molecule has 4 fully saturated rings. The number of pyridine rings is 1. The summed E-state index contributed by atoms with van der Waals surface area (Å²) in [5.74, 6) is 0.449. The molecule has 4 atom stereocenters. The highest BCUT2D eigenvalue weighted by atomic mass is 19.1. The number of nitrogens with zero attached hydrogens (tertiary/aromatic N) is 6. The standard InChI is InChI=1S/C39H38FN7O2/c1-45-12-6-9-26(45)21-49-39-31-17-33(25-19-43-46(2)20-25)47(37-24-15-32(37)42-18-24)38(31)30-14-23(8-5-11-41)34(35(40)36(30)44-39)29-16-27(48)13-22-7-3-4-10-28(22)29/h3-4,7,10,13-14,16-17,19-20,24,26,32,37,42,48H,5-6,8-9,12,15,18,21H2,1-2H3/t24?,26-,32?,37?/m0/s1. The molecular formula is C39H38FN7O2. The molecule has 10 heteroatoms. The normalized spacial score (nSPS) is 21.9. The fraction of sp³-hybridized carbons (Fsp3) is 0.359. The van der Waals surface area contributed by atoms with Crippen molar-refractivity contribution in [3.63, 3.8) is 0 Å². The van der Waals surface area contributed by atoms with Gasteiger partial charge >= 0.3 is 0 Å². The highest BCUT2D eigenvalue weighted by Crippen LogP contribution is 2.51. The molecule has 1 aliphatic carbocycles. The van der Waals surface area contributed by atoms with Gasteiger partial charge in [-0.3, -0.25) is 4.68 Å². The first-order chi connectivity index (χ1) is 23.9. The third-order valence-corrected chi connectivity index (χ3v) is 11.2. The minimum absolute atomic E-state index is 0.0514. The lowest BCUT2D eigenvalue weighted by Gasteiger charge is -2.37. The number of halogens is 1. The van der Waals surface area contributed by atoms with Crippen LogP contribution < -0.4 is 10.1 Å². The van der Waals surface area contributed by atoms with Crippen molar-refractivity contribution in [2.24, 2.45) is 13.0 Å². The second-order valence-electron chi connectivity index (χ2n) is 14.1. The fourth-order valence-corrected chi connectivity index (χ4v) is 8.69. The molecule has 1 saturated carbocycles. The number of aromatic nitrogens is 4. The highest BCUT2D eigenvalue weighted by Gasteiger charge is 2.49. The van der Waals surface area contributed by atoms with E-state index in [1.807, 2.05) is 49.8 Å². The number of aromatic hydroxyl groups is 1. The number of benzene rings is 3. The Labute approximate surface area is 283 Å². The summed E-state index contributed by atoms with van der Waals surface area (Å²) in [6.07, 6.45) is 7.73. The van der Waals surface area contributed by atoms with Crippen molar-refractivity contribution >= 4 is 32.6 Å². The summed E-state index contributed by atoms with van der Waals surface area (Å²) in [7, 11) is 4.03. The molecule has 6 heterocycles. The molecule has 4 aliphatic rings. The maximum atomic E-state index is 17.6. The van der Waals surface area contributed by atoms with Crippen LogP contribution >= 0.6 is 0 Å². The van der Waals surface area contributed by atoms with Crippen molar-refractivity contribution in [3.05, 3.63) is 72.3 Å². The van der Waals surface area contributed by atoms with E-state index in [4.69, 9.17) is 9.72 Å². The Morgan fingerprint density at radius 2 is 2.00 bits per heavy atom. The molecule has 3 saturated heterocycles. The van der Waals surface area contributed by atoms with Gasteiger partial charge in [-0.25, -0.2) is 9.37 Å². The summed E-state index contributed by atoms with van der Waals surface area (Å²) < 4.78 is 28.4. The minimum Gasteiger partial charge on any atom is -0.508 e. The lowest BCUT2D eigenvalue weighted by atomic mass is 9.79. The summed E-state index contributed by atoms with van der Waals surface area (Å²) >= 11 is 0. The number of hydrogen-bond acceptors (Lipinski definition) is 7. The van der Waals surface area contributed by atoms with Crippen LogP contribution in [-0.2, 0) is 13.5 Å². The van der Waals surface area contributed by atoms with Gasteiger partial charge in [0.05, 0.1) is 34.9 Å². The smallest absolute Gasteiger partial charge is 0.223 e. The third-order valence-electron chi connectivity index (χ3n) is 11.2. The van der Waals surface area contributed by atoms with E-state index in [0.717, 1.165) is 65.3 Å². The van der Waals surface area contributed by atoms with Crippen LogP contribution in [0.1, 0.15) is 37.3 Å². The van der Waals surface area contributed by atoms with E-state index in [-0.39, 0.29) is 29.8 Å². The van der Waals surface area contributed by atoms with E-state index in [9.17, 15) is 10.4 Å². The van der Waals surface area contributed by atoms with Gasteiger partial charge in [0.15, 0.2) is 5.82 Å². The number of hydrogen-bond donors (Lipinski definition) is 2. The number of ether oxygens (including phenoxy) is 1. The van der Waals surface area contributed by atoms with Crippen LogP contribution in [0.5, 0.6) is 11.6 Å². The SMILES string of the molecule is CN1CCC[C@H]1COc1nc2c(F)c(-c3cc(O)cc4ccccc34)c(CCC#N)cc2c2c1cc(-c1cnn(C)c1)n2C1C2CNC1C2. The maximum absolute atomic E-state index is 17.6. The molecule has 3 aliphatic heterocycles. The molecule has 0 radical (unpaired) electrons.